The van der Waals surface area contributed by atoms with Gasteiger partial charge in [-0.3, -0.25) is 4.98 Å². The Morgan fingerprint density at radius 1 is 1.33 bits per heavy atom. The number of aromatic nitrogens is 1. The highest BCUT2D eigenvalue weighted by atomic mass is 35.5. The maximum Gasteiger partial charge on any atom is 0.128 e. The molecule has 0 radical (unpaired) electrons. The van der Waals surface area contributed by atoms with E-state index in [0.717, 1.165) is 41.7 Å². The fraction of sp³-hybridized carbons (Fsp3) is 0.722. The Hall–Kier alpha value is -0.760. The second-order valence-corrected chi connectivity index (χ2v) is 7.40. The summed E-state index contributed by atoms with van der Waals surface area (Å²) in [6, 6.07) is 0. The van der Waals surface area contributed by atoms with Crippen LogP contribution in [0.4, 0.5) is 0 Å². The molecule has 0 N–H and O–H groups in total. The first-order valence-corrected chi connectivity index (χ1v) is 8.50. The van der Waals surface area contributed by atoms with Gasteiger partial charge in [0.1, 0.15) is 5.75 Å². The molecule has 2 rings (SSSR count). The van der Waals surface area contributed by atoms with Gasteiger partial charge in [-0.05, 0) is 57.3 Å². The Labute approximate surface area is 134 Å². The largest absolute Gasteiger partial charge is 0.496 e. The van der Waals surface area contributed by atoms with Crippen molar-refractivity contribution in [2.75, 3.05) is 7.11 Å². The molecule has 118 valence electrons. The van der Waals surface area contributed by atoms with Gasteiger partial charge in [-0.2, -0.15) is 0 Å². The first-order valence-electron chi connectivity index (χ1n) is 8.07. The van der Waals surface area contributed by atoms with Crippen molar-refractivity contribution >= 4 is 11.6 Å². The van der Waals surface area contributed by atoms with Crippen molar-refractivity contribution in [3.63, 3.8) is 0 Å². The predicted molar refractivity (Wildman–Crippen MR) is 89.3 cm³/mol. The Morgan fingerprint density at radius 3 is 2.67 bits per heavy atom. The zero-order valence-corrected chi connectivity index (χ0v) is 14.7. The second kappa shape index (κ2) is 7.00. The van der Waals surface area contributed by atoms with Gasteiger partial charge in [0.25, 0.3) is 0 Å². The lowest BCUT2D eigenvalue weighted by Gasteiger charge is -2.35. The zero-order valence-electron chi connectivity index (χ0n) is 13.9. The quantitative estimate of drug-likeness (QED) is 0.736. The van der Waals surface area contributed by atoms with Crippen molar-refractivity contribution in [2.24, 2.45) is 17.8 Å². The van der Waals surface area contributed by atoms with Crippen LogP contribution in [-0.4, -0.2) is 17.5 Å². The molecule has 0 bridgehead atoms. The summed E-state index contributed by atoms with van der Waals surface area (Å²) in [6.07, 6.45) is 6.53. The van der Waals surface area contributed by atoms with E-state index in [2.05, 4.69) is 25.8 Å². The Bertz CT molecular complexity index is 486. The van der Waals surface area contributed by atoms with E-state index in [9.17, 15) is 0 Å². The summed E-state index contributed by atoms with van der Waals surface area (Å²) in [7, 11) is 1.73. The number of hydrogen-bond acceptors (Lipinski definition) is 2. The van der Waals surface area contributed by atoms with Crippen LogP contribution in [0.1, 0.15) is 49.9 Å². The van der Waals surface area contributed by atoms with E-state index in [4.69, 9.17) is 16.3 Å². The predicted octanol–water partition coefficient (Wildman–Crippen LogP) is 4.93. The van der Waals surface area contributed by atoms with Crippen molar-refractivity contribution < 1.29 is 4.74 Å². The minimum absolute atomic E-state index is 0.286. The van der Waals surface area contributed by atoms with Crippen molar-refractivity contribution in [2.45, 2.75) is 58.8 Å². The zero-order chi connectivity index (χ0) is 15.6. The van der Waals surface area contributed by atoms with Crippen LogP contribution in [-0.2, 0) is 6.42 Å². The van der Waals surface area contributed by atoms with Gasteiger partial charge in [-0.25, -0.2) is 0 Å². The van der Waals surface area contributed by atoms with E-state index in [1.807, 2.05) is 13.1 Å². The third-order valence-electron chi connectivity index (χ3n) is 5.08. The molecule has 3 atom stereocenters. The highest BCUT2D eigenvalue weighted by Crippen LogP contribution is 2.39. The summed E-state index contributed by atoms with van der Waals surface area (Å²) in [6.45, 7) is 8.81. The molecule has 0 spiro atoms. The number of pyridine rings is 1. The van der Waals surface area contributed by atoms with Gasteiger partial charge in [0.15, 0.2) is 0 Å². The number of rotatable bonds is 4. The minimum atomic E-state index is 0.286. The molecule has 21 heavy (non-hydrogen) atoms. The van der Waals surface area contributed by atoms with Gasteiger partial charge in [-0.1, -0.05) is 13.8 Å². The normalized spacial score (nSPS) is 26.1. The number of ether oxygens (including phenoxy) is 1. The molecule has 3 heteroatoms. The smallest absolute Gasteiger partial charge is 0.128 e. The average Bonchev–Trinajstić information content (AvgIpc) is 2.44. The molecule has 1 aliphatic carbocycles. The average molecular weight is 310 g/mol. The van der Waals surface area contributed by atoms with Crippen LogP contribution in [0.2, 0.25) is 0 Å². The summed E-state index contributed by atoms with van der Waals surface area (Å²) in [5, 5.41) is 0.286. The van der Waals surface area contributed by atoms with Gasteiger partial charge in [0.05, 0.1) is 7.11 Å². The first kappa shape index (κ1) is 16.6. The van der Waals surface area contributed by atoms with Crippen LogP contribution < -0.4 is 4.74 Å². The Morgan fingerprint density at radius 2 is 2.05 bits per heavy atom. The topological polar surface area (TPSA) is 22.1 Å². The van der Waals surface area contributed by atoms with Crippen LogP contribution >= 0.6 is 11.6 Å². The molecule has 1 aliphatic rings. The van der Waals surface area contributed by atoms with Crippen molar-refractivity contribution in [3.8, 4) is 5.75 Å². The molecular weight excluding hydrogens is 282 g/mol. The lowest BCUT2D eigenvalue weighted by molar-refractivity contribution is 0.217. The van der Waals surface area contributed by atoms with Crippen molar-refractivity contribution in [3.05, 3.63) is 23.0 Å². The van der Waals surface area contributed by atoms with Crippen molar-refractivity contribution in [1.29, 1.82) is 0 Å². The molecule has 0 aromatic carbocycles. The number of aryl methyl sites for hydroxylation is 1. The first-order chi connectivity index (χ1) is 9.93. The van der Waals surface area contributed by atoms with Gasteiger partial charge in [-0.15, -0.1) is 11.6 Å². The lowest BCUT2D eigenvalue weighted by atomic mass is 9.74. The molecule has 0 saturated heterocycles. The van der Waals surface area contributed by atoms with Crippen LogP contribution in [0, 0.1) is 31.6 Å². The summed E-state index contributed by atoms with van der Waals surface area (Å²) in [5.41, 5.74) is 3.43. The van der Waals surface area contributed by atoms with Gasteiger partial charge in [0, 0.05) is 28.4 Å². The van der Waals surface area contributed by atoms with E-state index in [0.29, 0.717) is 5.92 Å². The highest BCUT2D eigenvalue weighted by molar-refractivity contribution is 6.20. The number of nitrogens with zero attached hydrogens (tertiary/aromatic N) is 1. The summed E-state index contributed by atoms with van der Waals surface area (Å²) < 4.78 is 5.52. The van der Waals surface area contributed by atoms with Gasteiger partial charge >= 0.3 is 0 Å². The number of methoxy groups -OCH3 is 1. The Balaban J connectivity index is 2.16. The molecule has 3 unspecified atom stereocenters. The highest BCUT2D eigenvalue weighted by Gasteiger charge is 2.31. The Kier molecular flexibility index (Phi) is 5.54. The number of alkyl halides is 1. The molecule has 1 aromatic heterocycles. The standard InChI is InChI=1S/C18H28ClNO/c1-11(2)14-6-7-16(19)15(8-14)9-17-13(4)18(21-5)12(3)10-20-17/h10-11,14-16H,6-9H2,1-5H3. The van der Waals surface area contributed by atoms with Crippen LogP contribution in [0.5, 0.6) is 5.75 Å². The van der Waals surface area contributed by atoms with E-state index in [-0.39, 0.29) is 5.38 Å². The van der Waals surface area contributed by atoms with E-state index < -0.39 is 0 Å². The third-order valence-corrected chi connectivity index (χ3v) is 5.65. The maximum absolute atomic E-state index is 6.60. The minimum Gasteiger partial charge on any atom is -0.496 e. The fourth-order valence-electron chi connectivity index (χ4n) is 3.61. The summed E-state index contributed by atoms with van der Waals surface area (Å²) in [5.74, 6) is 3.06. The van der Waals surface area contributed by atoms with E-state index >= 15 is 0 Å². The molecule has 2 nitrogen and oxygen atoms in total. The van der Waals surface area contributed by atoms with E-state index in [1.165, 1.54) is 18.4 Å². The molecular formula is C18H28ClNO. The number of hydrogen-bond donors (Lipinski definition) is 0. The summed E-state index contributed by atoms with van der Waals surface area (Å²) >= 11 is 6.60. The molecule has 1 heterocycles. The maximum atomic E-state index is 6.60. The molecule has 1 fully saturated rings. The van der Waals surface area contributed by atoms with Crippen LogP contribution in [0.25, 0.3) is 0 Å². The van der Waals surface area contributed by atoms with E-state index in [1.54, 1.807) is 7.11 Å². The summed E-state index contributed by atoms with van der Waals surface area (Å²) in [4.78, 5) is 4.65. The van der Waals surface area contributed by atoms with Crippen molar-refractivity contribution in [1.82, 2.24) is 4.98 Å². The monoisotopic (exact) mass is 309 g/mol. The second-order valence-electron chi connectivity index (χ2n) is 6.84. The third kappa shape index (κ3) is 3.71. The molecule has 1 aromatic rings. The number of halogens is 1. The van der Waals surface area contributed by atoms with Gasteiger partial charge < -0.3 is 4.74 Å². The van der Waals surface area contributed by atoms with Crippen LogP contribution in [0.3, 0.4) is 0 Å². The fourth-order valence-corrected chi connectivity index (χ4v) is 3.92. The molecule has 0 amide bonds. The SMILES string of the molecule is COc1c(C)cnc(CC2CC(C(C)C)CCC2Cl)c1C. The molecule has 0 aliphatic heterocycles. The van der Waals surface area contributed by atoms with Crippen LogP contribution in [0.15, 0.2) is 6.20 Å². The van der Waals surface area contributed by atoms with Gasteiger partial charge in [0.2, 0.25) is 0 Å². The lowest BCUT2D eigenvalue weighted by Crippen LogP contribution is -2.29. The molecule has 1 saturated carbocycles.